The Kier molecular flexibility index (Phi) is 5.45. The van der Waals surface area contributed by atoms with E-state index in [4.69, 9.17) is 5.73 Å². The molecule has 39 heavy (non-hydrogen) atoms. The van der Waals surface area contributed by atoms with Crippen LogP contribution >= 0.6 is 0 Å². The minimum Gasteiger partial charge on any atom is -0.383 e. The fourth-order valence-corrected chi connectivity index (χ4v) is 4.51. The second-order valence-electron chi connectivity index (χ2n) is 8.85. The second kappa shape index (κ2) is 8.75. The third-order valence-electron chi connectivity index (χ3n) is 6.41. The second-order valence-corrected chi connectivity index (χ2v) is 8.85. The molecule has 0 atom stereocenters. The lowest BCUT2D eigenvalue weighted by atomic mass is 10.1. The van der Waals surface area contributed by atoms with Crippen molar-refractivity contribution in [3.63, 3.8) is 0 Å². The molecule has 0 aliphatic rings. The summed E-state index contributed by atoms with van der Waals surface area (Å²) in [6, 6.07) is 9.75. The summed E-state index contributed by atoms with van der Waals surface area (Å²) in [4.78, 5) is 26.4. The Bertz CT molecular complexity index is 1890. The fraction of sp³-hybridized carbons (Fsp3) is 0.115. The first-order chi connectivity index (χ1) is 18.6. The molecule has 1 aromatic carbocycles. The van der Waals surface area contributed by atoms with Crippen molar-refractivity contribution in [2.24, 2.45) is 7.05 Å². The molecule has 5 heterocycles. The molecule has 0 fully saturated rings. The topological polar surface area (TPSA) is 108 Å². The van der Waals surface area contributed by atoms with Gasteiger partial charge in [-0.05, 0) is 36.4 Å². The Labute approximate surface area is 217 Å². The number of benzene rings is 1. The summed E-state index contributed by atoms with van der Waals surface area (Å²) in [7, 11) is 1.69. The van der Waals surface area contributed by atoms with Crippen molar-refractivity contribution in [3.8, 4) is 0 Å². The van der Waals surface area contributed by atoms with E-state index in [1.807, 2.05) is 0 Å². The van der Waals surface area contributed by atoms with E-state index in [-0.39, 0.29) is 29.1 Å². The molecular formula is C26H18F4N8O. The predicted octanol–water partition coefficient (Wildman–Crippen LogP) is 4.58. The number of nitrogens with zero attached hydrogens (tertiary/aromatic N) is 7. The average molecular weight is 534 g/mol. The van der Waals surface area contributed by atoms with Gasteiger partial charge in [0, 0.05) is 42.5 Å². The molecular weight excluding hydrogens is 516 g/mol. The predicted molar refractivity (Wildman–Crippen MR) is 136 cm³/mol. The van der Waals surface area contributed by atoms with Gasteiger partial charge in [0.2, 0.25) is 0 Å². The van der Waals surface area contributed by atoms with E-state index in [0.717, 1.165) is 12.1 Å². The number of rotatable bonds is 4. The van der Waals surface area contributed by atoms with Gasteiger partial charge in [-0.15, -0.1) is 0 Å². The van der Waals surface area contributed by atoms with Crippen LogP contribution in [0.25, 0.3) is 32.8 Å². The molecule has 0 saturated heterocycles. The molecule has 0 radical (unpaired) electrons. The summed E-state index contributed by atoms with van der Waals surface area (Å²) in [5.74, 6) is -1.45. The maximum atomic E-state index is 15.5. The zero-order valence-electron chi connectivity index (χ0n) is 20.2. The Morgan fingerprint density at radius 3 is 2.64 bits per heavy atom. The normalized spacial score (nSPS) is 12.0. The highest BCUT2D eigenvalue weighted by Gasteiger charge is 2.31. The Balaban J connectivity index is 1.50. The molecule has 5 aromatic heterocycles. The molecule has 0 spiro atoms. The number of hydrogen-bond acceptors (Lipinski definition) is 6. The third kappa shape index (κ3) is 4.07. The van der Waals surface area contributed by atoms with E-state index < -0.39 is 23.5 Å². The summed E-state index contributed by atoms with van der Waals surface area (Å²) in [5.41, 5.74) is 6.15. The van der Waals surface area contributed by atoms with Gasteiger partial charge in [0.1, 0.15) is 11.6 Å². The van der Waals surface area contributed by atoms with E-state index in [1.54, 1.807) is 36.1 Å². The van der Waals surface area contributed by atoms with Crippen LogP contribution in [0.5, 0.6) is 0 Å². The number of nitrogens with two attached hydrogens (primary N) is 1. The maximum absolute atomic E-state index is 15.5. The van der Waals surface area contributed by atoms with Crippen LogP contribution in [-0.4, -0.2) is 35.3 Å². The van der Waals surface area contributed by atoms with Gasteiger partial charge in [-0.2, -0.15) is 18.3 Å². The van der Waals surface area contributed by atoms with Crippen LogP contribution in [0.15, 0.2) is 67.3 Å². The molecule has 2 N–H and O–H groups in total. The summed E-state index contributed by atoms with van der Waals surface area (Å²) in [6.45, 7) is -0.268. The molecule has 13 heteroatoms. The monoisotopic (exact) mass is 534 g/mol. The molecule has 6 aromatic rings. The number of nitrogen functional groups attached to an aromatic ring is 1. The molecule has 0 aliphatic heterocycles. The average Bonchev–Trinajstić information content (AvgIpc) is 3.51. The fourth-order valence-electron chi connectivity index (χ4n) is 4.51. The number of alkyl halides is 3. The number of halogens is 4. The van der Waals surface area contributed by atoms with Gasteiger partial charge in [0.05, 0.1) is 46.0 Å². The lowest BCUT2D eigenvalue weighted by molar-refractivity contribution is -0.137. The number of anilines is 1. The van der Waals surface area contributed by atoms with Crippen molar-refractivity contribution < 1.29 is 22.4 Å². The SMILES string of the molecule is Cn1ncc2c(N)nc3cc(F)c(C(=O)N(Cc4ccc(C(F)(F)F)cn4)n4ccc5cccnc54)cc3c21. The van der Waals surface area contributed by atoms with Gasteiger partial charge < -0.3 is 5.73 Å². The van der Waals surface area contributed by atoms with Crippen LogP contribution in [-0.2, 0) is 19.8 Å². The summed E-state index contributed by atoms with van der Waals surface area (Å²) < 4.78 is 57.6. The van der Waals surface area contributed by atoms with Crippen LogP contribution in [0.1, 0.15) is 21.6 Å². The van der Waals surface area contributed by atoms with Gasteiger partial charge >= 0.3 is 6.18 Å². The van der Waals surface area contributed by atoms with Crippen molar-refractivity contribution in [3.05, 3.63) is 89.9 Å². The van der Waals surface area contributed by atoms with Crippen LogP contribution in [0.2, 0.25) is 0 Å². The molecule has 6 rings (SSSR count). The molecule has 0 bridgehead atoms. The molecule has 1 amide bonds. The Morgan fingerprint density at radius 2 is 1.90 bits per heavy atom. The lowest BCUT2D eigenvalue weighted by Crippen LogP contribution is -2.40. The van der Waals surface area contributed by atoms with E-state index >= 15 is 4.39 Å². The minimum atomic E-state index is -4.57. The molecule has 0 unspecified atom stereocenters. The summed E-state index contributed by atoms with van der Waals surface area (Å²) in [5, 5.41) is 7.06. The number of amides is 1. The Hall–Kier alpha value is -5.07. The highest BCUT2D eigenvalue weighted by Crippen LogP contribution is 2.31. The number of pyridine rings is 3. The van der Waals surface area contributed by atoms with Crippen LogP contribution in [0.4, 0.5) is 23.4 Å². The number of carbonyl (C=O) groups is 1. The zero-order chi connectivity index (χ0) is 27.5. The van der Waals surface area contributed by atoms with Crippen LogP contribution in [0, 0.1) is 5.82 Å². The Morgan fingerprint density at radius 1 is 1.08 bits per heavy atom. The highest BCUT2D eigenvalue weighted by molar-refractivity contribution is 6.11. The molecule has 196 valence electrons. The smallest absolute Gasteiger partial charge is 0.383 e. The number of aryl methyl sites for hydroxylation is 1. The number of carbonyl (C=O) groups excluding carboxylic acids is 1. The van der Waals surface area contributed by atoms with Crippen molar-refractivity contribution in [2.45, 2.75) is 12.7 Å². The van der Waals surface area contributed by atoms with E-state index in [0.29, 0.717) is 33.5 Å². The lowest BCUT2D eigenvalue weighted by Gasteiger charge is -2.25. The van der Waals surface area contributed by atoms with Crippen LogP contribution < -0.4 is 10.7 Å². The van der Waals surface area contributed by atoms with Crippen molar-refractivity contribution in [2.75, 3.05) is 10.7 Å². The molecule has 9 nitrogen and oxygen atoms in total. The molecule has 0 aliphatic carbocycles. The molecule has 0 saturated carbocycles. The first kappa shape index (κ1) is 24.3. The maximum Gasteiger partial charge on any atom is 0.417 e. The van der Waals surface area contributed by atoms with Gasteiger partial charge in [0.25, 0.3) is 5.91 Å². The third-order valence-corrected chi connectivity index (χ3v) is 6.41. The standard InChI is InChI=1S/C26H18F4N8O/c1-36-22-18-9-17(20(27)10-21(18)35-23(31)19(22)12-34-36)25(39)38(37-8-6-14-3-2-7-32-24(14)37)13-16-5-4-15(11-33-16)26(28,29)30/h2-12H,13H2,1H3,(H2,31,35). The first-order valence-electron chi connectivity index (χ1n) is 11.6. The highest BCUT2D eigenvalue weighted by atomic mass is 19.4. The van der Waals surface area contributed by atoms with Crippen molar-refractivity contribution >= 4 is 44.6 Å². The van der Waals surface area contributed by atoms with E-state index in [9.17, 15) is 18.0 Å². The van der Waals surface area contributed by atoms with Crippen molar-refractivity contribution in [1.29, 1.82) is 0 Å². The quantitative estimate of drug-likeness (QED) is 0.332. The largest absolute Gasteiger partial charge is 0.417 e. The van der Waals surface area contributed by atoms with Crippen molar-refractivity contribution in [1.82, 2.24) is 29.4 Å². The summed E-state index contributed by atoms with van der Waals surface area (Å²) >= 11 is 0. The number of fused-ring (bicyclic) bond motifs is 4. The van der Waals surface area contributed by atoms with Gasteiger partial charge in [-0.1, -0.05) is 0 Å². The van der Waals surface area contributed by atoms with E-state index in [1.165, 1.54) is 34.2 Å². The van der Waals surface area contributed by atoms with E-state index in [2.05, 4.69) is 20.1 Å². The van der Waals surface area contributed by atoms with Gasteiger partial charge in [0.15, 0.2) is 5.65 Å². The number of hydrogen-bond donors (Lipinski definition) is 1. The van der Waals surface area contributed by atoms with Gasteiger partial charge in [-0.25, -0.2) is 24.0 Å². The summed E-state index contributed by atoms with van der Waals surface area (Å²) in [6.07, 6.45) is 0.756. The van der Waals surface area contributed by atoms with Crippen LogP contribution in [0.3, 0.4) is 0 Å². The first-order valence-corrected chi connectivity index (χ1v) is 11.6. The minimum absolute atomic E-state index is 0.152. The van der Waals surface area contributed by atoms with Gasteiger partial charge in [-0.3, -0.25) is 14.5 Å². The zero-order valence-corrected chi connectivity index (χ0v) is 20.2. The number of aromatic nitrogens is 6.